The summed E-state index contributed by atoms with van der Waals surface area (Å²) in [7, 11) is 0. The zero-order valence-corrected chi connectivity index (χ0v) is 16.9. The van der Waals surface area contributed by atoms with Gasteiger partial charge in [0.15, 0.2) is 5.65 Å². The summed E-state index contributed by atoms with van der Waals surface area (Å²) in [4.78, 5) is 26.8. The summed E-state index contributed by atoms with van der Waals surface area (Å²) in [6, 6.07) is 9.66. The average molecular weight is 394 g/mol. The number of nitrogens with one attached hydrogen (secondary N) is 1. The fourth-order valence-corrected chi connectivity index (χ4v) is 3.36. The molecule has 3 heterocycles. The van der Waals surface area contributed by atoms with E-state index in [0.29, 0.717) is 55.8 Å². The van der Waals surface area contributed by atoms with Crippen molar-refractivity contribution < 1.29 is 9.47 Å². The van der Waals surface area contributed by atoms with Crippen LogP contribution in [0.3, 0.4) is 0 Å². The van der Waals surface area contributed by atoms with Gasteiger partial charge >= 0.3 is 0 Å². The zero-order chi connectivity index (χ0) is 20.2. The van der Waals surface area contributed by atoms with E-state index in [1.807, 2.05) is 35.2 Å². The van der Waals surface area contributed by atoms with Gasteiger partial charge in [-0.25, -0.2) is 4.98 Å². The van der Waals surface area contributed by atoms with Crippen molar-refractivity contribution in [1.82, 2.24) is 15.0 Å². The third-order valence-electron chi connectivity index (χ3n) is 5.04. The molecule has 0 bridgehead atoms. The van der Waals surface area contributed by atoms with Crippen LogP contribution in [0, 0.1) is 5.92 Å². The second-order valence-corrected chi connectivity index (χ2v) is 7.60. The van der Waals surface area contributed by atoms with E-state index in [4.69, 9.17) is 9.47 Å². The standard InChI is InChI=1S/C22H26N4O3/c1-15(2)8-12-29-17-5-3-16(4-6-17)18-7-9-23-20-19(18)21(27)25-22(24-20)26-10-13-28-14-11-26/h3-7,9,15H,8,10-14H2,1-2H3,(H,23,24,25,27). The number of nitrogens with zero attached hydrogens (tertiary/aromatic N) is 3. The normalized spacial score (nSPS) is 14.5. The minimum absolute atomic E-state index is 0.183. The summed E-state index contributed by atoms with van der Waals surface area (Å²) >= 11 is 0. The van der Waals surface area contributed by atoms with Gasteiger partial charge in [-0.2, -0.15) is 4.98 Å². The summed E-state index contributed by atoms with van der Waals surface area (Å²) in [6.07, 6.45) is 2.71. The van der Waals surface area contributed by atoms with E-state index in [1.54, 1.807) is 6.20 Å². The van der Waals surface area contributed by atoms with Gasteiger partial charge < -0.3 is 14.4 Å². The maximum atomic E-state index is 12.9. The minimum atomic E-state index is -0.183. The number of hydrogen-bond acceptors (Lipinski definition) is 6. The molecule has 7 heteroatoms. The zero-order valence-electron chi connectivity index (χ0n) is 16.9. The Morgan fingerprint density at radius 2 is 1.93 bits per heavy atom. The molecule has 0 radical (unpaired) electrons. The summed E-state index contributed by atoms with van der Waals surface area (Å²) in [6.45, 7) is 7.71. The molecule has 152 valence electrons. The molecule has 0 aliphatic carbocycles. The first-order valence-electron chi connectivity index (χ1n) is 10.1. The summed E-state index contributed by atoms with van der Waals surface area (Å²) in [5.41, 5.74) is 2.01. The van der Waals surface area contributed by atoms with Gasteiger partial charge in [-0.1, -0.05) is 26.0 Å². The molecule has 1 saturated heterocycles. The Morgan fingerprint density at radius 3 is 2.66 bits per heavy atom. The maximum Gasteiger partial charge on any atom is 0.262 e. The van der Waals surface area contributed by atoms with E-state index in [9.17, 15) is 4.79 Å². The first-order chi connectivity index (χ1) is 14.1. The van der Waals surface area contributed by atoms with E-state index in [1.165, 1.54) is 0 Å². The van der Waals surface area contributed by atoms with E-state index < -0.39 is 0 Å². The Kier molecular flexibility index (Phi) is 5.76. The van der Waals surface area contributed by atoms with Gasteiger partial charge in [0.2, 0.25) is 5.95 Å². The summed E-state index contributed by atoms with van der Waals surface area (Å²) in [5.74, 6) is 1.98. The fraction of sp³-hybridized carbons (Fsp3) is 0.409. The lowest BCUT2D eigenvalue weighted by Gasteiger charge is -2.27. The molecule has 1 aliphatic heterocycles. The van der Waals surface area contributed by atoms with Crippen molar-refractivity contribution in [3.05, 3.63) is 46.9 Å². The van der Waals surface area contributed by atoms with Gasteiger partial charge in [0.25, 0.3) is 5.56 Å². The first-order valence-corrected chi connectivity index (χ1v) is 10.1. The molecule has 1 N–H and O–H groups in total. The second-order valence-electron chi connectivity index (χ2n) is 7.60. The van der Waals surface area contributed by atoms with E-state index >= 15 is 0 Å². The van der Waals surface area contributed by atoms with Crippen LogP contribution in [0.1, 0.15) is 20.3 Å². The fourth-order valence-electron chi connectivity index (χ4n) is 3.36. The molecular weight excluding hydrogens is 368 g/mol. The SMILES string of the molecule is CC(C)CCOc1ccc(-c2ccnc3nc(N4CCOCC4)[nH]c(=O)c23)cc1. The monoisotopic (exact) mass is 394 g/mol. The average Bonchev–Trinajstić information content (AvgIpc) is 2.74. The highest BCUT2D eigenvalue weighted by atomic mass is 16.5. The number of aromatic amines is 1. The Morgan fingerprint density at radius 1 is 1.17 bits per heavy atom. The molecule has 0 amide bonds. The van der Waals surface area contributed by atoms with Gasteiger partial charge in [0.1, 0.15) is 5.75 Å². The van der Waals surface area contributed by atoms with E-state index in [-0.39, 0.29) is 5.56 Å². The van der Waals surface area contributed by atoms with Crippen LogP contribution in [-0.2, 0) is 4.74 Å². The Bertz CT molecular complexity index is 1020. The van der Waals surface area contributed by atoms with E-state index in [2.05, 4.69) is 28.8 Å². The number of H-pyrrole nitrogens is 1. The number of pyridine rings is 1. The predicted molar refractivity (Wildman–Crippen MR) is 114 cm³/mol. The Balaban J connectivity index is 1.63. The van der Waals surface area contributed by atoms with Crippen molar-refractivity contribution in [1.29, 1.82) is 0 Å². The number of hydrogen-bond donors (Lipinski definition) is 1. The number of aromatic nitrogens is 3. The molecule has 0 spiro atoms. The molecular formula is C22H26N4O3. The number of benzene rings is 1. The van der Waals surface area contributed by atoms with Crippen molar-refractivity contribution >= 4 is 17.0 Å². The largest absolute Gasteiger partial charge is 0.494 e. The second kappa shape index (κ2) is 8.61. The molecule has 1 aliphatic rings. The van der Waals surface area contributed by atoms with Crippen LogP contribution >= 0.6 is 0 Å². The smallest absolute Gasteiger partial charge is 0.262 e. The lowest BCUT2D eigenvalue weighted by atomic mass is 10.0. The first kappa shape index (κ1) is 19.4. The summed E-state index contributed by atoms with van der Waals surface area (Å²) < 4.78 is 11.2. The molecule has 1 aromatic carbocycles. The number of fused-ring (bicyclic) bond motifs is 1. The van der Waals surface area contributed by atoms with Crippen molar-refractivity contribution in [2.45, 2.75) is 20.3 Å². The van der Waals surface area contributed by atoms with Gasteiger partial charge in [-0.3, -0.25) is 9.78 Å². The minimum Gasteiger partial charge on any atom is -0.494 e. The van der Waals surface area contributed by atoms with Crippen LogP contribution in [0.15, 0.2) is 41.3 Å². The van der Waals surface area contributed by atoms with Crippen LogP contribution in [-0.4, -0.2) is 47.9 Å². The number of anilines is 1. The molecule has 2 aromatic heterocycles. The topological polar surface area (TPSA) is 80.3 Å². The third kappa shape index (κ3) is 4.40. The predicted octanol–water partition coefficient (Wildman–Crippen LogP) is 3.25. The van der Waals surface area contributed by atoms with Crippen LogP contribution in [0.5, 0.6) is 5.75 Å². The maximum absolute atomic E-state index is 12.9. The molecule has 1 fully saturated rings. The van der Waals surface area contributed by atoms with Crippen LogP contribution in [0.4, 0.5) is 5.95 Å². The number of rotatable bonds is 6. The lowest BCUT2D eigenvalue weighted by molar-refractivity contribution is 0.122. The third-order valence-corrected chi connectivity index (χ3v) is 5.04. The highest BCUT2D eigenvalue weighted by Gasteiger charge is 2.17. The molecule has 29 heavy (non-hydrogen) atoms. The van der Waals surface area contributed by atoms with Crippen molar-refractivity contribution in [3.63, 3.8) is 0 Å². The van der Waals surface area contributed by atoms with Crippen molar-refractivity contribution in [2.24, 2.45) is 5.92 Å². The summed E-state index contributed by atoms with van der Waals surface area (Å²) in [5, 5.41) is 0.498. The number of ether oxygens (including phenoxy) is 2. The molecule has 0 atom stereocenters. The van der Waals surface area contributed by atoms with Crippen LogP contribution in [0.2, 0.25) is 0 Å². The molecule has 4 rings (SSSR count). The molecule has 7 nitrogen and oxygen atoms in total. The molecule has 0 saturated carbocycles. The lowest BCUT2D eigenvalue weighted by Crippen LogP contribution is -2.38. The Hall–Kier alpha value is -2.93. The molecule has 0 unspecified atom stereocenters. The van der Waals surface area contributed by atoms with E-state index in [0.717, 1.165) is 23.3 Å². The molecule has 3 aromatic rings. The van der Waals surface area contributed by atoms with Crippen molar-refractivity contribution in [2.75, 3.05) is 37.8 Å². The van der Waals surface area contributed by atoms with Gasteiger partial charge in [-0.15, -0.1) is 0 Å². The van der Waals surface area contributed by atoms with Crippen LogP contribution < -0.4 is 15.2 Å². The van der Waals surface area contributed by atoms with Gasteiger partial charge in [-0.05, 0) is 41.7 Å². The Labute approximate surface area is 169 Å². The highest BCUT2D eigenvalue weighted by molar-refractivity contribution is 5.92. The van der Waals surface area contributed by atoms with Gasteiger partial charge in [0, 0.05) is 19.3 Å². The van der Waals surface area contributed by atoms with Crippen molar-refractivity contribution in [3.8, 4) is 16.9 Å². The van der Waals surface area contributed by atoms with Crippen LogP contribution in [0.25, 0.3) is 22.2 Å². The highest BCUT2D eigenvalue weighted by Crippen LogP contribution is 2.27. The quantitative estimate of drug-likeness (QED) is 0.691. The number of morpholine rings is 1. The van der Waals surface area contributed by atoms with Gasteiger partial charge in [0.05, 0.1) is 25.2 Å².